The minimum Gasteiger partial charge on any atom is -0.491 e. The number of benzene rings is 1. The first-order valence-corrected chi connectivity index (χ1v) is 6.28. The fourth-order valence-electron chi connectivity index (χ4n) is 1.35. The maximum absolute atomic E-state index is 10.7. The number of nitrogens with one attached hydrogen (secondary N) is 1. The molecule has 0 fully saturated rings. The van der Waals surface area contributed by atoms with E-state index in [1.165, 1.54) is 0 Å². The van der Waals surface area contributed by atoms with Gasteiger partial charge in [0.05, 0.1) is 16.7 Å². The highest BCUT2D eigenvalue weighted by molar-refractivity contribution is 6.37. The van der Waals surface area contributed by atoms with E-state index in [4.69, 9.17) is 33.0 Å². The second kappa shape index (κ2) is 6.83. The average Bonchev–Trinajstić information content (AvgIpc) is 2.30. The van der Waals surface area contributed by atoms with E-state index >= 15 is 0 Å². The third-order valence-electron chi connectivity index (χ3n) is 2.33. The molecule has 0 radical (unpaired) electrons. The normalized spacial score (nSPS) is 12.2. The molecule has 0 heterocycles. The Morgan fingerprint density at radius 2 is 2.00 bits per heavy atom. The van der Waals surface area contributed by atoms with Crippen molar-refractivity contribution in [2.24, 2.45) is 0 Å². The van der Waals surface area contributed by atoms with E-state index < -0.39 is 12.0 Å². The van der Waals surface area contributed by atoms with Gasteiger partial charge in [0.15, 0.2) is 5.75 Å². The van der Waals surface area contributed by atoms with Crippen LogP contribution in [0, 0.1) is 0 Å². The van der Waals surface area contributed by atoms with Crippen LogP contribution in [0.15, 0.2) is 12.1 Å². The van der Waals surface area contributed by atoms with E-state index in [0.717, 1.165) is 5.56 Å². The van der Waals surface area contributed by atoms with Crippen LogP contribution in [0.2, 0.25) is 10.0 Å². The van der Waals surface area contributed by atoms with Gasteiger partial charge in [-0.15, -0.1) is 0 Å². The predicted octanol–water partition coefficient (Wildman–Crippen LogP) is 2.95. The molecule has 0 saturated carbocycles. The van der Waals surface area contributed by atoms with Gasteiger partial charge in [0.2, 0.25) is 0 Å². The van der Waals surface area contributed by atoms with Crippen molar-refractivity contribution in [3.63, 3.8) is 0 Å². The Bertz CT molecular complexity index is 414. The van der Waals surface area contributed by atoms with Crippen molar-refractivity contribution in [1.29, 1.82) is 0 Å². The standard InChI is InChI=1S/C12H15Cl2NO3/c1-3-18-11-9(13)4-8(5-10(11)14)6-15-7(2)12(16)17/h4-5,7,15H,3,6H2,1-2H3,(H,16,17)/t7-/m0/s1. The highest BCUT2D eigenvalue weighted by Crippen LogP contribution is 2.34. The number of carboxylic acid groups (broad SMARTS) is 1. The van der Waals surface area contributed by atoms with Crippen LogP contribution in [0.4, 0.5) is 0 Å². The molecule has 0 bridgehead atoms. The third kappa shape index (κ3) is 4.05. The van der Waals surface area contributed by atoms with Crippen molar-refractivity contribution in [2.75, 3.05) is 6.61 Å². The monoisotopic (exact) mass is 291 g/mol. The lowest BCUT2D eigenvalue weighted by Crippen LogP contribution is -2.33. The molecular formula is C12H15Cl2NO3. The number of hydrogen-bond acceptors (Lipinski definition) is 3. The minimum atomic E-state index is -0.905. The second-order valence-corrected chi connectivity index (χ2v) is 4.58. The molecule has 0 unspecified atom stereocenters. The van der Waals surface area contributed by atoms with Gasteiger partial charge in [0.25, 0.3) is 0 Å². The molecule has 0 aliphatic carbocycles. The largest absolute Gasteiger partial charge is 0.491 e. The van der Waals surface area contributed by atoms with Gasteiger partial charge >= 0.3 is 5.97 Å². The number of carboxylic acids is 1. The van der Waals surface area contributed by atoms with E-state index in [1.54, 1.807) is 19.1 Å². The molecule has 1 aromatic carbocycles. The molecule has 0 aromatic heterocycles. The number of aliphatic carboxylic acids is 1. The third-order valence-corrected chi connectivity index (χ3v) is 2.89. The van der Waals surface area contributed by atoms with E-state index in [9.17, 15) is 4.79 Å². The predicted molar refractivity (Wildman–Crippen MR) is 71.6 cm³/mol. The molecule has 18 heavy (non-hydrogen) atoms. The fourth-order valence-corrected chi connectivity index (χ4v) is 2.00. The van der Waals surface area contributed by atoms with Gasteiger partial charge in [-0.05, 0) is 31.5 Å². The highest BCUT2D eigenvalue weighted by Gasteiger charge is 2.12. The maximum Gasteiger partial charge on any atom is 0.320 e. The zero-order chi connectivity index (χ0) is 13.7. The number of ether oxygens (including phenoxy) is 1. The summed E-state index contributed by atoms with van der Waals surface area (Å²) in [7, 11) is 0. The molecule has 100 valence electrons. The quantitative estimate of drug-likeness (QED) is 0.846. The molecular weight excluding hydrogens is 277 g/mol. The lowest BCUT2D eigenvalue weighted by Gasteiger charge is -2.12. The summed E-state index contributed by atoms with van der Waals surface area (Å²) in [4.78, 5) is 10.7. The number of halogens is 2. The van der Waals surface area contributed by atoms with Crippen LogP contribution in [0.25, 0.3) is 0 Å². The van der Waals surface area contributed by atoms with Gasteiger partial charge in [-0.25, -0.2) is 0 Å². The molecule has 1 aromatic rings. The smallest absolute Gasteiger partial charge is 0.320 e. The average molecular weight is 292 g/mol. The molecule has 1 rings (SSSR count). The van der Waals surface area contributed by atoms with Gasteiger partial charge in [0, 0.05) is 6.54 Å². The van der Waals surface area contributed by atoms with Crippen LogP contribution in [-0.4, -0.2) is 23.7 Å². The fraction of sp³-hybridized carbons (Fsp3) is 0.417. The summed E-state index contributed by atoms with van der Waals surface area (Å²) in [5, 5.41) is 12.4. The van der Waals surface area contributed by atoms with E-state index in [-0.39, 0.29) is 0 Å². The summed E-state index contributed by atoms with van der Waals surface area (Å²) in [6.07, 6.45) is 0. The first-order valence-electron chi connectivity index (χ1n) is 5.52. The molecule has 0 saturated heterocycles. The van der Waals surface area contributed by atoms with Gasteiger partial charge in [-0.2, -0.15) is 0 Å². The van der Waals surface area contributed by atoms with E-state index in [2.05, 4.69) is 5.32 Å². The Morgan fingerprint density at radius 3 is 2.44 bits per heavy atom. The van der Waals surface area contributed by atoms with Crippen molar-refractivity contribution >= 4 is 29.2 Å². The summed E-state index contributed by atoms with van der Waals surface area (Å²) in [6.45, 7) is 4.27. The maximum atomic E-state index is 10.7. The number of rotatable bonds is 6. The lowest BCUT2D eigenvalue weighted by atomic mass is 10.2. The van der Waals surface area contributed by atoms with Crippen LogP contribution in [0.5, 0.6) is 5.75 Å². The summed E-state index contributed by atoms with van der Waals surface area (Å²) in [5.41, 5.74) is 0.807. The Balaban J connectivity index is 2.77. The molecule has 1 atom stereocenters. The van der Waals surface area contributed by atoms with Crippen LogP contribution in [0.1, 0.15) is 19.4 Å². The van der Waals surface area contributed by atoms with E-state index in [0.29, 0.717) is 28.9 Å². The molecule has 6 heteroatoms. The Hall–Kier alpha value is -0.970. The molecule has 0 spiro atoms. The van der Waals surface area contributed by atoms with Crippen LogP contribution in [0.3, 0.4) is 0 Å². The summed E-state index contributed by atoms with van der Waals surface area (Å²) < 4.78 is 5.31. The van der Waals surface area contributed by atoms with Crippen molar-refractivity contribution < 1.29 is 14.6 Å². The van der Waals surface area contributed by atoms with Crippen LogP contribution >= 0.6 is 23.2 Å². The summed E-state index contributed by atoms with van der Waals surface area (Å²) >= 11 is 12.1. The van der Waals surface area contributed by atoms with Gasteiger partial charge < -0.3 is 15.2 Å². The van der Waals surface area contributed by atoms with Crippen molar-refractivity contribution in [2.45, 2.75) is 26.4 Å². The molecule has 2 N–H and O–H groups in total. The molecule has 0 aliphatic rings. The van der Waals surface area contributed by atoms with Crippen molar-refractivity contribution in [3.8, 4) is 5.75 Å². The van der Waals surface area contributed by atoms with Crippen LogP contribution < -0.4 is 10.1 Å². The summed E-state index contributed by atoms with van der Waals surface area (Å²) in [6, 6.07) is 2.79. The first kappa shape index (κ1) is 15.1. The topological polar surface area (TPSA) is 58.6 Å². The number of hydrogen-bond donors (Lipinski definition) is 2. The minimum absolute atomic E-state index is 0.374. The molecule has 0 aliphatic heterocycles. The number of carbonyl (C=O) groups is 1. The van der Waals surface area contributed by atoms with E-state index in [1.807, 2.05) is 6.92 Å². The lowest BCUT2D eigenvalue weighted by molar-refractivity contribution is -0.139. The molecule has 4 nitrogen and oxygen atoms in total. The SMILES string of the molecule is CCOc1c(Cl)cc(CN[C@@H](C)C(=O)O)cc1Cl. The Morgan fingerprint density at radius 1 is 1.44 bits per heavy atom. The van der Waals surface area contributed by atoms with Crippen molar-refractivity contribution in [3.05, 3.63) is 27.7 Å². The zero-order valence-corrected chi connectivity index (χ0v) is 11.7. The first-order chi connectivity index (χ1) is 8.45. The Labute approximate surface area is 116 Å². The summed E-state index contributed by atoms with van der Waals surface area (Å²) in [5.74, 6) is -0.450. The molecule has 0 amide bonds. The highest BCUT2D eigenvalue weighted by atomic mass is 35.5. The second-order valence-electron chi connectivity index (χ2n) is 3.76. The van der Waals surface area contributed by atoms with Gasteiger partial charge in [0.1, 0.15) is 6.04 Å². The van der Waals surface area contributed by atoms with Gasteiger partial charge in [-0.1, -0.05) is 23.2 Å². The van der Waals surface area contributed by atoms with Crippen LogP contribution in [-0.2, 0) is 11.3 Å². The van der Waals surface area contributed by atoms with Crippen molar-refractivity contribution in [1.82, 2.24) is 5.32 Å². The Kier molecular flexibility index (Phi) is 5.72. The van der Waals surface area contributed by atoms with Gasteiger partial charge in [-0.3, -0.25) is 4.79 Å². The zero-order valence-electron chi connectivity index (χ0n) is 10.2.